The Labute approximate surface area is 118 Å². The van der Waals surface area contributed by atoms with Crippen molar-refractivity contribution >= 4 is 22.4 Å². The van der Waals surface area contributed by atoms with E-state index in [1.54, 1.807) is 13.3 Å². The van der Waals surface area contributed by atoms with E-state index in [0.717, 1.165) is 28.9 Å². The third-order valence-electron chi connectivity index (χ3n) is 3.28. The van der Waals surface area contributed by atoms with Crippen molar-refractivity contribution in [3.8, 4) is 5.75 Å². The predicted molar refractivity (Wildman–Crippen MR) is 82.7 cm³/mol. The lowest BCUT2D eigenvalue weighted by molar-refractivity contribution is 0.415. The number of fused-ring (bicyclic) bond motifs is 1. The standard InChI is InChI=1S/C15H20N4O/c1-3-19(9-7-14(16)17)15-13-10-12(20-2)5-4-11(13)6-8-18-15/h4-6,8,10H,3,7,9H2,1-2H3,(H3,16,17). The number of amidine groups is 1. The van der Waals surface area contributed by atoms with Gasteiger partial charge in [-0.15, -0.1) is 0 Å². The van der Waals surface area contributed by atoms with Crippen LogP contribution in [-0.4, -0.2) is 31.0 Å². The fourth-order valence-corrected chi connectivity index (χ4v) is 2.18. The number of hydrogen-bond acceptors (Lipinski definition) is 4. The highest BCUT2D eigenvalue weighted by molar-refractivity contribution is 5.93. The lowest BCUT2D eigenvalue weighted by Gasteiger charge is -2.23. The zero-order chi connectivity index (χ0) is 14.5. The number of pyridine rings is 1. The Morgan fingerprint density at radius 1 is 1.40 bits per heavy atom. The van der Waals surface area contributed by atoms with Crippen molar-refractivity contribution in [1.82, 2.24) is 4.98 Å². The molecule has 2 rings (SSSR count). The molecule has 20 heavy (non-hydrogen) atoms. The van der Waals surface area contributed by atoms with E-state index in [9.17, 15) is 0 Å². The Bertz CT molecular complexity index is 612. The molecule has 0 spiro atoms. The molecular formula is C15H20N4O. The number of aromatic nitrogens is 1. The summed E-state index contributed by atoms with van der Waals surface area (Å²) in [5, 5.41) is 9.54. The molecule has 0 saturated heterocycles. The molecule has 0 fully saturated rings. The van der Waals surface area contributed by atoms with E-state index >= 15 is 0 Å². The van der Waals surface area contributed by atoms with Crippen LogP contribution in [0.2, 0.25) is 0 Å². The second-order valence-electron chi connectivity index (χ2n) is 4.58. The van der Waals surface area contributed by atoms with Gasteiger partial charge in [-0.3, -0.25) is 5.41 Å². The predicted octanol–water partition coefficient (Wildman–Crippen LogP) is 2.40. The molecule has 0 aliphatic rings. The zero-order valence-corrected chi connectivity index (χ0v) is 11.9. The van der Waals surface area contributed by atoms with Gasteiger partial charge in [0.05, 0.1) is 12.9 Å². The number of nitrogens with one attached hydrogen (secondary N) is 1. The van der Waals surface area contributed by atoms with Crippen molar-refractivity contribution in [2.75, 3.05) is 25.1 Å². The van der Waals surface area contributed by atoms with Crippen molar-refractivity contribution in [3.05, 3.63) is 30.5 Å². The summed E-state index contributed by atoms with van der Waals surface area (Å²) in [5.74, 6) is 1.92. The van der Waals surface area contributed by atoms with Gasteiger partial charge in [0, 0.05) is 31.1 Å². The van der Waals surface area contributed by atoms with Crippen LogP contribution in [0.15, 0.2) is 30.5 Å². The van der Waals surface area contributed by atoms with Gasteiger partial charge in [-0.2, -0.15) is 0 Å². The third-order valence-corrected chi connectivity index (χ3v) is 3.28. The third kappa shape index (κ3) is 2.99. The van der Waals surface area contributed by atoms with Gasteiger partial charge < -0.3 is 15.4 Å². The van der Waals surface area contributed by atoms with Gasteiger partial charge in [-0.25, -0.2) is 4.98 Å². The zero-order valence-electron chi connectivity index (χ0n) is 11.9. The normalized spacial score (nSPS) is 10.5. The average Bonchev–Trinajstić information content (AvgIpc) is 2.47. The molecule has 3 N–H and O–H groups in total. The Kier molecular flexibility index (Phi) is 4.40. The largest absolute Gasteiger partial charge is 0.497 e. The fourth-order valence-electron chi connectivity index (χ4n) is 2.18. The van der Waals surface area contributed by atoms with Crippen LogP contribution in [0.25, 0.3) is 10.8 Å². The van der Waals surface area contributed by atoms with Gasteiger partial charge in [-0.05, 0) is 30.5 Å². The Hall–Kier alpha value is -2.30. The number of benzene rings is 1. The topological polar surface area (TPSA) is 75.2 Å². The smallest absolute Gasteiger partial charge is 0.136 e. The molecule has 0 radical (unpaired) electrons. The van der Waals surface area contributed by atoms with E-state index in [2.05, 4.69) is 16.8 Å². The molecule has 0 bridgehead atoms. The Balaban J connectivity index is 2.42. The molecule has 1 aromatic heterocycles. The maximum Gasteiger partial charge on any atom is 0.136 e. The van der Waals surface area contributed by atoms with Crippen molar-refractivity contribution < 1.29 is 4.74 Å². The number of anilines is 1. The van der Waals surface area contributed by atoms with Crippen LogP contribution in [-0.2, 0) is 0 Å². The first-order valence-electron chi connectivity index (χ1n) is 6.66. The molecular weight excluding hydrogens is 252 g/mol. The van der Waals surface area contributed by atoms with Crippen molar-refractivity contribution in [1.29, 1.82) is 5.41 Å². The summed E-state index contributed by atoms with van der Waals surface area (Å²) < 4.78 is 5.29. The molecule has 0 saturated carbocycles. The monoisotopic (exact) mass is 272 g/mol. The molecule has 0 amide bonds. The summed E-state index contributed by atoms with van der Waals surface area (Å²) in [6.45, 7) is 3.58. The number of nitrogens with zero attached hydrogens (tertiary/aromatic N) is 2. The van der Waals surface area contributed by atoms with Crippen molar-refractivity contribution in [2.45, 2.75) is 13.3 Å². The van der Waals surface area contributed by atoms with Gasteiger partial charge >= 0.3 is 0 Å². The fraction of sp³-hybridized carbons (Fsp3) is 0.333. The van der Waals surface area contributed by atoms with Crippen LogP contribution in [0.1, 0.15) is 13.3 Å². The maximum absolute atomic E-state index is 7.36. The van der Waals surface area contributed by atoms with Crippen LogP contribution in [0.3, 0.4) is 0 Å². The molecule has 0 unspecified atom stereocenters. The summed E-state index contributed by atoms with van der Waals surface area (Å²) in [6.07, 6.45) is 2.34. The molecule has 1 heterocycles. The number of ether oxygens (including phenoxy) is 1. The summed E-state index contributed by atoms with van der Waals surface area (Å²) in [7, 11) is 1.66. The summed E-state index contributed by atoms with van der Waals surface area (Å²) in [6, 6.07) is 7.95. The lowest BCUT2D eigenvalue weighted by atomic mass is 10.1. The first kappa shape index (κ1) is 14.1. The Morgan fingerprint density at radius 2 is 2.20 bits per heavy atom. The number of hydrogen-bond donors (Lipinski definition) is 2. The molecule has 5 heteroatoms. The molecule has 0 aliphatic carbocycles. The molecule has 0 aliphatic heterocycles. The highest BCUT2D eigenvalue weighted by Crippen LogP contribution is 2.28. The minimum atomic E-state index is 0.196. The molecule has 0 atom stereocenters. The van der Waals surface area contributed by atoms with Gasteiger partial charge in [0.15, 0.2) is 0 Å². The van der Waals surface area contributed by atoms with Crippen molar-refractivity contribution in [2.24, 2.45) is 5.73 Å². The summed E-state index contributed by atoms with van der Waals surface area (Å²) in [4.78, 5) is 6.62. The second-order valence-corrected chi connectivity index (χ2v) is 4.58. The molecule has 1 aromatic carbocycles. The minimum absolute atomic E-state index is 0.196. The maximum atomic E-state index is 7.36. The Morgan fingerprint density at radius 3 is 2.85 bits per heavy atom. The van der Waals surface area contributed by atoms with Gasteiger partial charge in [0.1, 0.15) is 11.6 Å². The second kappa shape index (κ2) is 6.23. The molecule has 106 valence electrons. The van der Waals surface area contributed by atoms with E-state index in [-0.39, 0.29) is 5.84 Å². The van der Waals surface area contributed by atoms with E-state index in [1.165, 1.54) is 0 Å². The van der Waals surface area contributed by atoms with Crippen molar-refractivity contribution in [3.63, 3.8) is 0 Å². The quantitative estimate of drug-likeness (QED) is 0.625. The summed E-state index contributed by atoms with van der Waals surface area (Å²) in [5.41, 5.74) is 5.45. The lowest BCUT2D eigenvalue weighted by Crippen LogP contribution is -2.28. The molecule has 5 nitrogen and oxygen atoms in total. The first-order valence-corrected chi connectivity index (χ1v) is 6.66. The average molecular weight is 272 g/mol. The van der Waals surface area contributed by atoms with E-state index in [4.69, 9.17) is 15.9 Å². The van der Waals surface area contributed by atoms with Crippen LogP contribution < -0.4 is 15.4 Å². The van der Waals surface area contributed by atoms with Crippen LogP contribution in [0.4, 0.5) is 5.82 Å². The number of nitrogens with two attached hydrogens (primary N) is 1. The van der Waals surface area contributed by atoms with E-state index in [0.29, 0.717) is 13.0 Å². The SMILES string of the molecule is CCN(CCC(=N)N)c1nccc2ccc(OC)cc12. The van der Waals surface area contributed by atoms with Gasteiger partial charge in [0.2, 0.25) is 0 Å². The van der Waals surface area contributed by atoms with E-state index < -0.39 is 0 Å². The summed E-state index contributed by atoms with van der Waals surface area (Å²) >= 11 is 0. The first-order chi connectivity index (χ1) is 9.65. The van der Waals surface area contributed by atoms with Crippen LogP contribution in [0, 0.1) is 5.41 Å². The van der Waals surface area contributed by atoms with Gasteiger partial charge in [0.25, 0.3) is 0 Å². The van der Waals surface area contributed by atoms with Crippen LogP contribution in [0.5, 0.6) is 5.75 Å². The van der Waals surface area contributed by atoms with Gasteiger partial charge in [-0.1, -0.05) is 6.07 Å². The highest BCUT2D eigenvalue weighted by atomic mass is 16.5. The molecule has 2 aromatic rings. The van der Waals surface area contributed by atoms with Crippen LogP contribution >= 0.6 is 0 Å². The number of methoxy groups -OCH3 is 1. The van der Waals surface area contributed by atoms with E-state index in [1.807, 2.05) is 24.3 Å². The highest BCUT2D eigenvalue weighted by Gasteiger charge is 2.11. The number of rotatable bonds is 6. The minimum Gasteiger partial charge on any atom is -0.497 e.